The lowest BCUT2D eigenvalue weighted by Crippen LogP contribution is -2.47. The fourth-order valence-corrected chi connectivity index (χ4v) is 5.54. The second kappa shape index (κ2) is 11.1. The van der Waals surface area contributed by atoms with Crippen LogP contribution >= 0.6 is 0 Å². The Hall–Kier alpha value is -1.59. The predicted octanol–water partition coefficient (Wildman–Crippen LogP) is 4.26. The van der Waals surface area contributed by atoms with E-state index in [0.29, 0.717) is 5.92 Å². The number of furan rings is 1. The Morgan fingerprint density at radius 1 is 1.07 bits per heavy atom. The number of piperidine rings is 2. The molecular formula is C25H39N3O2. The largest absolute Gasteiger partial charge is 0.465 e. The van der Waals surface area contributed by atoms with Crippen molar-refractivity contribution in [2.45, 2.75) is 63.8 Å². The van der Waals surface area contributed by atoms with E-state index in [-0.39, 0.29) is 5.91 Å². The first kappa shape index (κ1) is 21.6. The number of carbonyl (C=O) groups excluding carboxylic acids is 1. The average molecular weight is 414 g/mol. The molecule has 0 spiro atoms. The Morgan fingerprint density at radius 2 is 1.90 bits per heavy atom. The molecule has 1 aromatic rings. The minimum absolute atomic E-state index is 0.126. The van der Waals surface area contributed by atoms with Crippen LogP contribution in [-0.4, -0.2) is 72.5 Å². The van der Waals surface area contributed by atoms with Gasteiger partial charge in [-0.05, 0) is 82.3 Å². The van der Waals surface area contributed by atoms with Crippen LogP contribution in [0.1, 0.15) is 63.5 Å². The molecule has 1 amide bonds. The third kappa shape index (κ3) is 6.21. The first-order valence-electron chi connectivity index (χ1n) is 12.2. The van der Waals surface area contributed by atoms with Gasteiger partial charge in [0, 0.05) is 38.3 Å². The summed E-state index contributed by atoms with van der Waals surface area (Å²) in [6.45, 7) is 7.51. The number of carbonyl (C=O) groups is 1. The fourth-order valence-electron chi connectivity index (χ4n) is 5.54. The van der Waals surface area contributed by atoms with Gasteiger partial charge in [0.1, 0.15) is 5.76 Å². The highest BCUT2D eigenvalue weighted by molar-refractivity contribution is 5.91. The molecule has 0 N–H and O–H groups in total. The van der Waals surface area contributed by atoms with Crippen molar-refractivity contribution in [3.8, 4) is 0 Å². The van der Waals surface area contributed by atoms with Gasteiger partial charge in [-0.1, -0.05) is 19.3 Å². The molecule has 1 aromatic heterocycles. The van der Waals surface area contributed by atoms with Crippen molar-refractivity contribution in [1.82, 2.24) is 14.7 Å². The van der Waals surface area contributed by atoms with E-state index in [0.717, 1.165) is 31.4 Å². The summed E-state index contributed by atoms with van der Waals surface area (Å²) >= 11 is 0. The standard InChI is InChI=1S/C25H39N3O2/c29-25(13-12-24-11-7-19-30-24)28(18-17-26-14-4-1-5-15-26)21-22-8-6-16-27(20-22)23-9-2-3-10-23/h7,11-13,19,22-23H,1-6,8-10,14-18,20-21H2/b13-12+. The van der Waals surface area contributed by atoms with Crippen LogP contribution in [-0.2, 0) is 4.79 Å². The summed E-state index contributed by atoms with van der Waals surface area (Å²) in [6.07, 6.45) is 17.2. The van der Waals surface area contributed by atoms with Gasteiger partial charge in [0.25, 0.3) is 0 Å². The van der Waals surface area contributed by atoms with E-state index >= 15 is 0 Å². The number of amides is 1. The van der Waals surface area contributed by atoms with Crippen molar-refractivity contribution < 1.29 is 9.21 Å². The smallest absolute Gasteiger partial charge is 0.246 e. The molecule has 1 atom stereocenters. The summed E-state index contributed by atoms with van der Waals surface area (Å²) < 4.78 is 5.37. The van der Waals surface area contributed by atoms with Gasteiger partial charge in [0.2, 0.25) is 5.91 Å². The minimum Gasteiger partial charge on any atom is -0.465 e. The summed E-state index contributed by atoms with van der Waals surface area (Å²) in [7, 11) is 0. The third-order valence-electron chi connectivity index (χ3n) is 7.25. The van der Waals surface area contributed by atoms with Crippen molar-refractivity contribution in [1.29, 1.82) is 0 Å². The van der Waals surface area contributed by atoms with E-state index < -0.39 is 0 Å². The van der Waals surface area contributed by atoms with Crippen LogP contribution < -0.4 is 0 Å². The molecule has 4 rings (SSSR count). The second-order valence-corrected chi connectivity index (χ2v) is 9.48. The molecule has 0 radical (unpaired) electrons. The van der Waals surface area contributed by atoms with Gasteiger partial charge in [-0.2, -0.15) is 0 Å². The normalized spacial score (nSPS) is 24.6. The molecule has 3 heterocycles. The van der Waals surface area contributed by atoms with Gasteiger partial charge in [-0.25, -0.2) is 0 Å². The highest BCUT2D eigenvalue weighted by atomic mass is 16.3. The summed E-state index contributed by atoms with van der Waals surface area (Å²) in [5.41, 5.74) is 0. The number of hydrogen-bond donors (Lipinski definition) is 0. The van der Waals surface area contributed by atoms with Crippen molar-refractivity contribution in [2.75, 3.05) is 45.8 Å². The molecular weight excluding hydrogens is 374 g/mol. The van der Waals surface area contributed by atoms with Gasteiger partial charge in [0.15, 0.2) is 0 Å². The van der Waals surface area contributed by atoms with Gasteiger partial charge >= 0.3 is 0 Å². The van der Waals surface area contributed by atoms with E-state index in [9.17, 15) is 4.79 Å². The molecule has 1 aliphatic carbocycles. The molecule has 30 heavy (non-hydrogen) atoms. The van der Waals surface area contributed by atoms with Gasteiger partial charge in [-0.3, -0.25) is 4.79 Å². The van der Waals surface area contributed by atoms with Crippen LogP contribution in [0.4, 0.5) is 0 Å². The van der Waals surface area contributed by atoms with Crippen molar-refractivity contribution in [3.05, 3.63) is 30.2 Å². The molecule has 1 saturated carbocycles. The van der Waals surface area contributed by atoms with Gasteiger partial charge in [0.05, 0.1) is 6.26 Å². The summed E-state index contributed by atoms with van der Waals surface area (Å²) in [5, 5.41) is 0. The lowest BCUT2D eigenvalue weighted by Gasteiger charge is -2.39. The van der Waals surface area contributed by atoms with Crippen molar-refractivity contribution in [2.24, 2.45) is 5.92 Å². The fraction of sp³-hybridized carbons (Fsp3) is 0.720. The topological polar surface area (TPSA) is 39.9 Å². The molecule has 5 heteroatoms. The van der Waals surface area contributed by atoms with Crippen LogP contribution in [0.25, 0.3) is 6.08 Å². The van der Waals surface area contributed by atoms with Crippen LogP contribution in [0.15, 0.2) is 28.9 Å². The average Bonchev–Trinajstić information content (AvgIpc) is 3.50. The van der Waals surface area contributed by atoms with Crippen LogP contribution in [0, 0.1) is 5.92 Å². The molecule has 2 saturated heterocycles. The Balaban J connectivity index is 1.35. The monoisotopic (exact) mass is 413 g/mol. The van der Waals surface area contributed by atoms with Gasteiger partial charge in [-0.15, -0.1) is 0 Å². The highest BCUT2D eigenvalue weighted by Crippen LogP contribution is 2.28. The molecule has 3 aliphatic rings. The Morgan fingerprint density at radius 3 is 2.67 bits per heavy atom. The SMILES string of the molecule is O=C(/C=C/c1ccco1)N(CCN1CCCCC1)CC1CCCN(C2CCCC2)C1. The Bertz CT molecular complexity index is 660. The quantitative estimate of drug-likeness (QED) is 0.597. The first-order chi connectivity index (χ1) is 14.8. The summed E-state index contributed by atoms with van der Waals surface area (Å²) in [6, 6.07) is 4.55. The molecule has 166 valence electrons. The van der Waals surface area contributed by atoms with E-state index in [1.165, 1.54) is 84.0 Å². The predicted molar refractivity (Wildman–Crippen MR) is 121 cm³/mol. The number of hydrogen-bond acceptors (Lipinski definition) is 4. The van der Waals surface area contributed by atoms with Crippen LogP contribution in [0.2, 0.25) is 0 Å². The second-order valence-electron chi connectivity index (χ2n) is 9.48. The van der Waals surface area contributed by atoms with E-state index in [1.54, 1.807) is 12.3 Å². The van der Waals surface area contributed by atoms with E-state index in [1.807, 2.05) is 18.2 Å². The molecule has 0 bridgehead atoms. The number of rotatable bonds is 8. The molecule has 1 unspecified atom stereocenters. The first-order valence-corrected chi connectivity index (χ1v) is 12.2. The van der Waals surface area contributed by atoms with E-state index in [4.69, 9.17) is 4.42 Å². The summed E-state index contributed by atoms with van der Waals surface area (Å²) in [4.78, 5) is 20.5. The molecule has 5 nitrogen and oxygen atoms in total. The molecule has 3 fully saturated rings. The lowest BCUT2D eigenvalue weighted by atomic mass is 9.95. The van der Waals surface area contributed by atoms with Crippen molar-refractivity contribution >= 4 is 12.0 Å². The number of likely N-dealkylation sites (tertiary alicyclic amines) is 2. The Labute approximate surface area is 182 Å². The summed E-state index contributed by atoms with van der Waals surface area (Å²) in [5.74, 6) is 1.47. The van der Waals surface area contributed by atoms with E-state index in [2.05, 4.69) is 14.7 Å². The Kier molecular flexibility index (Phi) is 8.04. The lowest BCUT2D eigenvalue weighted by molar-refractivity contribution is -0.127. The van der Waals surface area contributed by atoms with Gasteiger partial charge < -0.3 is 19.1 Å². The molecule has 0 aromatic carbocycles. The van der Waals surface area contributed by atoms with Crippen LogP contribution in [0.5, 0.6) is 0 Å². The maximum Gasteiger partial charge on any atom is 0.246 e. The zero-order valence-electron chi connectivity index (χ0n) is 18.5. The van der Waals surface area contributed by atoms with Crippen molar-refractivity contribution in [3.63, 3.8) is 0 Å². The van der Waals surface area contributed by atoms with Crippen LogP contribution in [0.3, 0.4) is 0 Å². The highest BCUT2D eigenvalue weighted by Gasteiger charge is 2.29. The maximum atomic E-state index is 13.1. The third-order valence-corrected chi connectivity index (χ3v) is 7.25. The zero-order valence-corrected chi connectivity index (χ0v) is 18.5. The zero-order chi connectivity index (χ0) is 20.6. The number of nitrogens with zero attached hydrogens (tertiary/aromatic N) is 3. The minimum atomic E-state index is 0.126. The molecule has 2 aliphatic heterocycles. The maximum absolute atomic E-state index is 13.1.